The molecule has 0 bridgehead atoms. The molecule has 5 rings (SSSR count). The summed E-state index contributed by atoms with van der Waals surface area (Å²) in [6.07, 6.45) is 9.97. The van der Waals surface area contributed by atoms with Gasteiger partial charge in [-0.15, -0.1) is 0 Å². The number of hydrogen-bond donors (Lipinski definition) is 1. The van der Waals surface area contributed by atoms with E-state index in [-0.39, 0.29) is 5.91 Å². The summed E-state index contributed by atoms with van der Waals surface area (Å²) in [6, 6.07) is 8.87. The van der Waals surface area contributed by atoms with Gasteiger partial charge in [-0.25, -0.2) is 24.3 Å². The number of benzene rings is 1. The number of unbranched alkanes of at least 4 members (excludes halogenated alkanes) is 1. The van der Waals surface area contributed by atoms with E-state index in [0.717, 1.165) is 49.1 Å². The normalized spacial score (nSPS) is 15.2. The minimum Gasteiger partial charge on any atom is -0.443 e. The van der Waals surface area contributed by atoms with Crippen LogP contribution in [0, 0.1) is 0 Å². The highest BCUT2D eigenvalue weighted by Crippen LogP contribution is 2.25. The summed E-state index contributed by atoms with van der Waals surface area (Å²) < 4.78 is 6.89. The van der Waals surface area contributed by atoms with Gasteiger partial charge in [-0.2, -0.15) is 0 Å². The minimum absolute atomic E-state index is 0.141. The molecule has 2 aromatic heterocycles. The predicted molar refractivity (Wildman–Crippen MR) is 144 cm³/mol. The molecule has 1 N–H and O–H groups in total. The Morgan fingerprint density at radius 3 is 2.58 bits per heavy atom. The topological polar surface area (TPSA) is 102 Å². The summed E-state index contributed by atoms with van der Waals surface area (Å²) in [5, 5.41) is 3.50. The van der Waals surface area contributed by atoms with Gasteiger partial charge in [0.05, 0.1) is 5.69 Å². The summed E-state index contributed by atoms with van der Waals surface area (Å²) in [7, 11) is 0. The molecule has 1 amide bonds. The molecule has 0 fully saturated rings. The molecular formula is C29H36N6O3. The fourth-order valence-electron chi connectivity index (χ4n) is 5.17. The Labute approximate surface area is 223 Å². The van der Waals surface area contributed by atoms with Gasteiger partial charge >= 0.3 is 6.09 Å². The Balaban J connectivity index is 1.08. The van der Waals surface area contributed by atoms with E-state index in [9.17, 15) is 9.59 Å². The van der Waals surface area contributed by atoms with Crippen LogP contribution in [0.3, 0.4) is 0 Å². The SMILES string of the molecule is CC(C)(C)OC(=O)n1cncc1CCCCC(=O)N1CCc2nc(NC3Cc4ccccc4C3)ncc2C1. The molecular weight excluding hydrogens is 480 g/mol. The van der Waals surface area contributed by atoms with E-state index in [2.05, 4.69) is 39.6 Å². The summed E-state index contributed by atoms with van der Waals surface area (Å²) in [5.41, 5.74) is 5.06. The Kier molecular flexibility index (Phi) is 7.44. The van der Waals surface area contributed by atoms with E-state index >= 15 is 0 Å². The molecule has 3 heterocycles. The fraction of sp³-hybridized carbons (Fsp3) is 0.483. The predicted octanol–water partition coefficient (Wildman–Crippen LogP) is 4.33. The Morgan fingerprint density at radius 2 is 1.84 bits per heavy atom. The van der Waals surface area contributed by atoms with Gasteiger partial charge in [-0.3, -0.25) is 4.79 Å². The number of nitrogens with zero attached hydrogens (tertiary/aromatic N) is 5. The number of nitrogens with one attached hydrogen (secondary N) is 1. The van der Waals surface area contributed by atoms with Gasteiger partial charge < -0.3 is 15.0 Å². The van der Waals surface area contributed by atoms with Crippen LogP contribution in [0.2, 0.25) is 0 Å². The minimum atomic E-state index is -0.566. The molecule has 1 aromatic carbocycles. The van der Waals surface area contributed by atoms with Crippen LogP contribution in [-0.4, -0.2) is 54.6 Å². The molecule has 0 saturated carbocycles. The maximum absolute atomic E-state index is 12.9. The van der Waals surface area contributed by atoms with Crippen molar-refractivity contribution in [3.05, 3.63) is 71.1 Å². The first-order valence-electron chi connectivity index (χ1n) is 13.5. The van der Waals surface area contributed by atoms with Crippen molar-refractivity contribution in [2.45, 2.75) is 83.9 Å². The van der Waals surface area contributed by atoms with E-state index in [0.29, 0.717) is 37.9 Å². The zero-order chi connectivity index (χ0) is 26.7. The quantitative estimate of drug-likeness (QED) is 0.466. The highest BCUT2D eigenvalue weighted by atomic mass is 16.6. The van der Waals surface area contributed by atoms with Gasteiger partial charge in [-0.05, 0) is 64.0 Å². The van der Waals surface area contributed by atoms with Gasteiger partial charge in [0.25, 0.3) is 0 Å². The lowest BCUT2D eigenvalue weighted by molar-refractivity contribution is -0.132. The van der Waals surface area contributed by atoms with Crippen LogP contribution in [0.15, 0.2) is 43.0 Å². The molecule has 1 aliphatic heterocycles. The van der Waals surface area contributed by atoms with Gasteiger partial charge in [0.2, 0.25) is 11.9 Å². The summed E-state index contributed by atoms with van der Waals surface area (Å²) >= 11 is 0. The van der Waals surface area contributed by atoms with Crippen LogP contribution >= 0.6 is 0 Å². The van der Waals surface area contributed by atoms with E-state index in [1.54, 1.807) is 6.20 Å². The van der Waals surface area contributed by atoms with Crippen LogP contribution in [0.1, 0.15) is 68.1 Å². The van der Waals surface area contributed by atoms with Crippen LogP contribution in [-0.2, 0) is 41.8 Å². The zero-order valence-electron chi connectivity index (χ0n) is 22.4. The molecule has 0 saturated heterocycles. The summed E-state index contributed by atoms with van der Waals surface area (Å²) in [5.74, 6) is 0.814. The standard InChI is InChI=1S/C29H36N6O3/c1-29(2,3)38-28(37)35-19-30-17-24(35)10-6-7-11-26(36)34-13-12-25-22(18-34)16-31-27(33-25)32-23-14-20-8-4-5-9-21(20)15-23/h4-5,8-9,16-17,19,23H,6-7,10-15,18H2,1-3H3,(H,31,32,33). The average molecular weight is 517 g/mol. The number of imidazole rings is 1. The Morgan fingerprint density at radius 1 is 1.08 bits per heavy atom. The summed E-state index contributed by atoms with van der Waals surface area (Å²) in [4.78, 5) is 40.6. The van der Waals surface area contributed by atoms with Crippen LogP contribution in [0.25, 0.3) is 0 Å². The molecule has 1 aliphatic carbocycles. The molecule has 38 heavy (non-hydrogen) atoms. The van der Waals surface area contributed by atoms with Gasteiger partial charge in [0.1, 0.15) is 11.9 Å². The second kappa shape index (κ2) is 10.9. The maximum atomic E-state index is 12.9. The Bertz CT molecular complexity index is 1290. The highest BCUT2D eigenvalue weighted by molar-refractivity contribution is 5.76. The van der Waals surface area contributed by atoms with Gasteiger partial charge in [0.15, 0.2) is 0 Å². The van der Waals surface area contributed by atoms with Crippen molar-refractivity contribution in [1.29, 1.82) is 0 Å². The molecule has 9 nitrogen and oxygen atoms in total. The van der Waals surface area contributed by atoms with Crippen LogP contribution < -0.4 is 5.32 Å². The smallest absolute Gasteiger partial charge is 0.420 e. The zero-order valence-corrected chi connectivity index (χ0v) is 22.4. The highest BCUT2D eigenvalue weighted by Gasteiger charge is 2.25. The Hall–Kier alpha value is -3.75. The first kappa shape index (κ1) is 25.9. The van der Waals surface area contributed by atoms with Crippen molar-refractivity contribution in [2.24, 2.45) is 0 Å². The number of carbonyl (C=O) groups is 2. The molecule has 0 unspecified atom stereocenters. The number of rotatable bonds is 7. The van der Waals surface area contributed by atoms with Crippen molar-refractivity contribution < 1.29 is 14.3 Å². The molecule has 3 aromatic rings. The monoisotopic (exact) mass is 516 g/mol. The van der Waals surface area contributed by atoms with Crippen LogP contribution in [0.5, 0.6) is 0 Å². The second-order valence-corrected chi connectivity index (χ2v) is 11.2. The third-order valence-corrected chi connectivity index (χ3v) is 7.05. The second-order valence-electron chi connectivity index (χ2n) is 11.2. The largest absolute Gasteiger partial charge is 0.443 e. The number of amides is 1. The number of hydrogen-bond acceptors (Lipinski definition) is 7. The average Bonchev–Trinajstić information content (AvgIpc) is 3.51. The lowest BCUT2D eigenvalue weighted by Crippen LogP contribution is -2.36. The van der Waals surface area contributed by atoms with Crippen molar-refractivity contribution in [3.8, 4) is 0 Å². The number of anilines is 1. The molecule has 0 atom stereocenters. The fourth-order valence-corrected chi connectivity index (χ4v) is 5.17. The van der Waals surface area contributed by atoms with Crippen molar-refractivity contribution >= 4 is 17.9 Å². The number of ether oxygens (including phenoxy) is 1. The number of aryl methyl sites for hydroxylation is 1. The van der Waals surface area contributed by atoms with Crippen molar-refractivity contribution in [2.75, 3.05) is 11.9 Å². The van der Waals surface area contributed by atoms with E-state index < -0.39 is 11.7 Å². The van der Waals surface area contributed by atoms with Crippen molar-refractivity contribution in [3.63, 3.8) is 0 Å². The number of carbonyl (C=O) groups excluding carboxylic acids is 2. The lowest BCUT2D eigenvalue weighted by atomic mass is 10.1. The molecule has 0 spiro atoms. The summed E-state index contributed by atoms with van der Waals surface area (Å²) in [6.45, 7) is 6.73. The van der Waals surface area contributed by atoms with Crippen molar-refractivity contribution in [1.82, 2.24) is 24.4 Å². The van der Waals surface area contributed by atoms with Gasteiger partial charge in [0, 0.05) is 55.6 Å². The number of aromatic nitrogens is 4. The molecule has 0 radical (unpaired) electrons. The van der Waals surface area contributed by atoms with Crippen LogP contribution in [0.4, 0.5) is 10.7 Å². The first-order chi connectivity index (χ1) is 18.2. The third kappa shape index (κ3) is 6.20. The molecule has 200 valence electrons. The first-order valence-corrected chi connectivity index (χ1v) is 13.5. The van der Waals surface area contributed by atoms with E-state index in [1.165, 1.54) is 22.0 Å². The third-order valence-electron chi connectivity index (χ3n) is 7.05. The lowest BCUT2D eigenvalue weighted by Gasteiger charge is -2.28. The van der Waals surface area contributed by atoms with Gasteiger partial charge in [-0.1, -0.05) is 24.3 Å². The number of fused-ring (bicyclic) bond motifs is 2. The van der Waals surface area contributed by atoms with E-state index in [1.807, 2.05) is 31.9 Å². The molecule has 9 heteroatoms. The maximum Gasteiger partial charge on any atom is 0.420 e. The van der Waals surface area contributed by atoms with E-state index in [4.69, 9.17) is 9.72 Å². The molecule has 2 aliphatic rings.